The molecule has 17 heavy (non-hydrogen) atoms. The summed E-state index contributed by atoms with van der Waals surface area (Å²) in [5.41, 5.74) is 1.89. The summed E-state index contributed by atoms with van der Waals surface area (Å²) in [7, 11) is 4.11. The van der Waals surface area contributed by atoms with Gasteiger partial charge in [0, 0.05) is 38.3 Å². The van der Waals surface area contributed by atoms with E-state index in [9.17, 15) is 5.11 Å². The van der Waals surface area contributed by atoms with Crippen molar-refractivity contribution < 1.29 is 5.11 Å². The van der Waals surface area contributed by atoms with E-state index in [1.54, 1.807) is 0 Å². The van der Waals surface area contributed by atoms with E-state index in [0.29, 0.717) is 6.04 Å². The predicted octanol–water partition coefficient (Wildman–Crippen LogP) is 0.361. The maximum atomic E-state index is 9.47. The number of piperazine rings is 1. The Morgan fingerprint density at radius 1 is 1.35 bits per heavy atom. The number of hydrogen-bond donors (Lipinski definition) is 1. The van der Waals surface area contributed by atoms with Crippen LogP contribution in [0.2, 0.25) is 0 Å². The van der Waals surface area contributed by atoms with Gasteiger partial charge in [0.25, 0.3) is 0 Å². The molecule has 0 amide bonds. The van der Waals surface area contributed by atoms with E-state index >= 15 is 0 Å². The Hall–Kier alpha value is -1.07. The van der Waals surface area contributed by atoms with E-state index < -0.39 is 0 Å². The Morgan fingerprint density at radius 2 is 2.06 bits per heavy atom. The Balaban J connectivity index is 2.28. The number of nitrogens with zero attached hydrogens (tertiary/aromatic N) is 4. The molecule has 1 aromatic heterocycles. The maximum Gasteiger partial charge on any atom is 0.132 e. The summed E-state index contributed by atoms with van der Waals surface area (Å²) in [5, 5.41) is 13.9. The molecule has 96 valence electrons. The fourth-order valence-electron chi connectivity index (χ4n) is 2.51. The van der Waals surface area contributed by atoms with Crippen LogP contribution in [0.4, 0.5) is 5.82 Å². The molecule has 1 aliphatic rings. The van der Waals surface area contributed by atoms with Crippen LogP contribution in [-0.2, 0) is 13.7 Å². The number of likely N-dealkylation sites (N-methyl/N-ethyl adjacent to an activating group) is 1. The molecule has 1 fully saturated rings. The first kappa shape index (κ1) is 12.4. The lowest BCUT2D eigenvalue weighted by molar-refractivity contribution is 0.231. The number of hydrogen-bond acceptors (Lipinski definition) is 4. The number of aromatic nitrogens is 2. The highest BCUT2D eigenvalue weighted by Crippen LogP contribution is 2.25. The van der Waals surface area contributed by atoms with Gasteiger partial charge in [-0.05, 0) is 20.9 Å². The third-order valence-electron chi connectivity index (χ3n) is 3.73. The maximum absolute atomic E-state index is 9.47. The Kier molecular flexibility index (Phi) is 3.40. The summed E-state index contributed by atoms with van der Waals surface area (Å²) in [6.45, 7) is 7.28. The number of anilines is 1. The molecule has 0 radical (unpaired) electrons. The summed E-state index contributed by atoms with van der Waals surface area (Å²) in [6, 6.07) is 0.533. The van der Waals surface area contributed by atoms with E-state index in [2.05, 4.69) is 28.9 Å². The minimum Gasteiger partial charge on any atom is -0.391 e. The Bertz CT molecular complexity index is 401. The first-order chi connectivity index (χ1) is 8.04. The third-order valence-corrected chi connectivity index (χ3v) is 3.73. The van der Waals surface area contributed by atoms with Crippen molar-refractivity contribution in [1.82, 2.24) is 14.7 Å². The van der Waals surface area contributed by atoms with Gasteiger partial charge < -0.3 is 14.9 Å². The van der Waals surface area contributed by atoms with Gasteiger partial charge >= 0.3 is 0 Å². The molecule has 0 aliphatic carbocycles. The van der Waals surface area contributed by atoms with Crippen LogP contribution in [0.15, 0.2) is 0 Å². The first-order valence-corrected chi connectivity index (χ1v) is 6.13. The van der Waals surface area contributed by atoms with Gasteiger partial charge in [-0.15, -0.1) is 0 Å². The van der Waals surface area contributed by atoms with E-state index in [1.807, 2.05) is 18.7 Å². The van der Waals surface area contributed by atoms with Crippen LogP contribution in [0.3, 0.4) is 0 Å². The zero-order valence-corrected chi connectivity index (χ0v) is 11.1. The molecule has 5 heteroatoms. The van der Waals surface area contributed by atoms with Crippen LogP contribution in [0.5, 0.6) is 0 Å². The minimum atomic E-state index is 0.0652. The molecule has 2 rings (SSSR count). The highest BCUT2D eigenvalue weighted by molar-refractivity contribution is 5.50. The smallest absolute Gasteiger partial charge is 0.132 e. The lowest BCUT2D eigenvalue weighted by Gasteiger charge is -2.39. The van der Waals surface area contributed by atoms with Gasteiger partial charge in [0.05, 0.1) is 12.3 Å². The summed E-state index contributed by atoms with van der Waals surface area (Å²) in [4.78, 5) is 4.69. The average molecular weight is 238 g/mol. The van der Waals surface area contributed by atoms with Crippen molar-refractivity contribution in [2.45, 2.75) is 26.5 Å². The molecular formula is C12H22N4O. The van der Waals surface area contributed by atoms with Crippen molar-refractivity contribution in [2.24, 2.45) is 7.05 Å². The fraction of sp³-hybridized carbons (Fsp3) is 0.750. The summed E-state index contributed by atoms with van der Waals surface area (Å²) in [6.07, 6.45) is 0. The van der Waals surface area contributed by atoms with Crippen molar-refractivity contribution in [1.29, 1.82) is 0 Å². The predicted molar refractivity (Wildman–Crippen MR) is 68.2 cm³/mol. The van der Waals surface area contributed by atoms with Crippen LogP contribution < -0.4 is 4.90 Å². The van der Waals surface area contributed by atoms with Crippen molar-refractivity contribution >= 4 is 5.82 Å². The van der Waals surface area contributed by atoms with Gasteiger partial charge in [-0.25, -0.2) is 0 Å². The van der Waals surface area contributed by atoms with Gasteiger partial charge in [0.15, 0.2) is 0 Å². The molecule has 1 atom stereocenters. The molecule has 0 spiro atoms. The molecule has 0 aromatic carbocycles. The van der Waals surface area contributed by atoms with Crippen LogP contribution in [-0.4, -0.2) is 52.5 Å². The molecular weight excluding hydrogens is 216 g/mol. The monoisotopic (exact) mass is 238 g/mol. The molecule has 0 bridgehead atoms. The molecule has 1 aliphatic heterocycles. The summed E-state index contributed by atoms with van der Waals surface area (Å²) >= 11 is 0. The molecule has 1 saturated heterocycles. The highest BCUT2D eigenvalue weighted by Gasteiger charge is 2.25. The largest absolute Gasteiger partial charge is 0.391 e. The lowest BCUT2D eigenvalue weighted by atomic mass is 10.1. The van der Waals surface area contributed by atoms with Gasteiger partial charge in [-0.3, -0.25) is 4.68 Å². The van der Waals surface area contributed by atoms with E-state index in [1.165, 1.54) is 0 Å². The summed E-state index contributed by atoms with van der Waals surface area (Å²) in [5.74, 6) is 1.07. The van der Waals surface area contributed by atoms with Gasteiger partial charge in [-0.2, -0.15) is 5.10 Å². The van der Waals surface area contributed by atoms with Crippen molar-refractivity contribution in [3.8, 4) is 0 Å². The van der Waals surface area contributed by atoms with E-state index in [0.717, 1.165) is 36.7 Å². The zero-order valence-electron chi connectivity index (χ0n) is 11.1. The SMILES string of the molecule is Cc1nn(C)c(N2CCN(C)C(C)C2)c1CO. The van der Waals surface area contributed by atoms with Gasteiger partial charge in [-0.1, -0.05) is 0 Å². The second-order valence-corrected chi connectivity index (χ2v) is 4.94. The Morgan fingerprint density at radius 3 is 2.65 bits per heavy atom. The van der Waals surface area contributed by atoms with Crippen LogP contribution in [0.1, 0.15) is 18.2 Å². The standard InChI is InChI=1S/C12H22N4O/c1-9-7-16(6-5-14(9)3)12-11(8-17)10(2)13-15(12)4/h9,17H,5-8H2,1-4H3. The van der Waals surface area contributed by atoms with Crippen molar-refractivity contribution in [3.05, 3.63) is 11.3 Å². The Labute approximate surface area is 103 Å². The number of aliphatic hydroxyl groups is 1. The molecule has 2 heterocycles. The van der Waals surface area contributed by atoms with Crippen LogP contribution in [0, 0.1) is 6.92 Å². The lowest BCUT2D eigenvalue weighted by Crippen LogP contribution is -2.50. The minimum absolute atomic E-state index is 0.0652. The molecule has 5 nitrogen and oxygen atoms in total. The second-order valence-electron chi connectivity index (χ2n) is 4.94. The highest BCUT2D eigenvalue weighted by atomic mass is 16.3. The van der Waals surface area contributed by atoms with E-state index in [-0.39, 0.29) is 6.61 Å². The fourth-order valence-corrected chi connectivity index (χ4v) is 2.51. The van der Waals surface area contributed by atoms with Crippen LogP contribution >= 0.6 is 0 Å². The molecule has 1 N–H and O–H groups in total. The third kappa shape index (κ3) is 2.17. The normalized spacial score (nSPS) is 22.2. The van der Waals surface area contributed by atoms with Crippen molar-refractivity contribution in [3.63, 3.8) is 0 Å². The topological polar surface area (TPSA) is 44.5 Å². The van der Waals surface area contributed by atoms with Crippen molar-refractivity contribution in [2.75, 3.05) is 31.6 Å². The average Bonchev–Trinajstić information content (AvgIpc) is 2.57. The zero-order chi connectivity index (χ0) is 12.6. The van der Waals surface area contributed by atoms with Gasteiger partial charge in [0.1, 0.15) is 5.82 Å². The first-order valence-electron chi connectivity index (χ1n) is 6.13. The van der Waals surface area contributed by atoms with Gasteiger partial charge in [0.2, 0.25) is 0 Å². The molecule has 1 unspecified atom stereocenters. The summed E-state index contributed by atoms with van der Waals surface area (Å²) < 4.78 is 1.89. The van der Waals surface area contributed by atoms with E-state index in [4.69, 9.17) is 0 Å². The molecule has 0 saturated carbocycles. The number of rotatable bonds is 2. The molecule has 1 aromatic rings. The second kappa shape index (κ2) is 4.66. The number of aliphatic hydroxyl groups excluding tert-OH is 1. The quantitative estimate of drug-likeness (QED) is 0.808. The van der Waals surface area contributed by atoms with Crippen LogP contribution in [0.25, 0.3) is 0 Å². The number of aryl methyl sites for hydroxylation is 2.